The van der Waals surface area contributed by atoms with E-state index in [1.807, 2.05) is 0 Å². The fraction of sp³-hybridized carbons (Fsp3) is 0.900. The molecular weight excluding hydrogens is 260 g/mol. The van der Waals surface area contributed by atoms with Crippen LogP contribution >= 0.6 is 0 Å². The van der Waals surface area contributed by atoms with Crippen LogP contribution in [0.4, 0.5) is 0 Å². The Bertz CT molecular complexity index is 382. The summed E-state index contributed by atoms with van der Waals surface area (Å²) in [4.78, 5) is 10.9. The fourth-order valence-electron chi connectivity index (χ4n) is 1.85. The van der Waals surface area contributed by atoms with E-state index in [-0.39, 0.29) is 13.1 Å². The molecule has 2 unspecified atom stereocenters. The smallest absolute Gasteiger partial charge is 0.307 e. The first kappa shape index (κ1) is 15.4. The highest BCUT2D eigenvalue weighted by Gasteiger charge is 2.31. The van der Waals surface area contributed by atoms with Crippen molar-refractivity contribution in [3.63, 3.8) is 0 Å². The zero-order valence-electron chi connectivity index (χ0n) is 10.4. The van der Waals surface area contributed by atoms with E-state index in [2.05, 4.69) is 4.72 Å². The highest BCUT2D eigenvalue weighted by molar-refractivity contribution is 7.87. The van der Waals surface area contributed by atoms with Crippen molar-refractivity contribution in [1.82, 2.24) is 9.03 Å². The summed E-state index contributed by atoms with van der Waals surface area (Å²) in [6.07, 6.45) is 0.819. The molecule has 0 aromatic heterocycles. The summed E-state index contributed by atoms with van der Waals surface area (Å²) >= 11 is 0. The van der Waals surface area contributed by atoms with E-state index in [0.717, 1.165) is 4.31 Å². The number of nitrogens with zero attached hydrogens (tertiary/aromatic N) is 1. The molecule has 1 heterocycles. The number of aliphatic hydroxyl groups excluding tert-OH is 1. The molecular formula is C10H20N2O5S. The number of aliphatic carboxylic acids is 1. The van der Waals surface area contributed by atoms with E-state index in [1.165, 1.54) is 0 Å². The standard InChI is InChI=1S/C10H20N2O5S/c1-8(13)4-5-11-18(16,17)12-6-2-3-9(7-12)10(14)15/h8-9,11,13H,2-7H2,1H3,(H,14,15). The molecule has 1 aliphatic rings. The van der Waals surface area contributed by atoms with Gasteiger partial charge in [-0.2, -0.15) is 12.7 Å². The molecule has 2 atom stereocenters. The van der Waals surface area contributed by atoms with Crippen molar-refractivity contribution >= 4 is 16.2 Å². The van der Waals surface area contributed by atoms with Gasteiger partial charge in [-0.15, -0.1) is 0 Å². The van der Waals surface area contributed by atoms with Gasteiger partial charge in [0, 0.05) is 19.6 Å². The molecule has 18 heavy (non-hydrogen) atoms. The van der Waals surface area contributed by atoms with Gasteiger partial charge in [-0.05, 0) is 26.2 Å². The Hall–Kier alpha value is -0.700. The number of carboxylic acid groups (broad SMARTS) is 1. The van der Waals surface area contributed by atoms with Crippen LogP contribution < -0.4 is 4.72 Å². The molecule has 8 heteroatoms. The molecule has 0 aliphatic carbocycles. The highest BCUT2D eigenvalue weighted by atomic mass is 32.2. The molecule has 1 aliphatic heterocycles. The zero-order valence-corrected chi connectivity index (χ0v) is 11.2. The van der Waals surface area contributed by atoms with Gasteiger partial charge < -0.3 is 10.2 Å². The number of hydrogen-bond donors (Lipinski definition) is 3. The predicted octanol–water partition coefficient (Wildman–Crippen LogP) is -0.612. The maximum absolute atomic E-state index is 11.9. The molecule has 1 rings (SSSR count). The van der Waals surface area contributed by atoms with E-state index in [0.29, 0.717) is 25.8 Å². The van der Waals surface area contributed by atoms with E-state index in [9.17, 15) is 13.2 Å². The maximum atomic E-state index is 11.9. The Morgan fingerprint density at radius 2 is 2.22 bits per heavy atom. The molecule has 0 spiro atoms. The lowest BCUT2D eigenvalue weighted by Crippen LogP contribution is -2.47. The monoisotopic (exact) mass is 280 g/mol. The van der Waals surface area contributed by atoms with Gasteiger partial charge in [0.2, 0.25) is 0 Å². The van der Waals surface area contributed by atoms with Crippen molar-refractivity contribution in [3.8, 4) is 0 Å². The second kappa shape index (κ2) is 6.46. The van der Waals surface area contributed by atoms with Crippen LogP contribution in [0.2, 0.25) is 0 Å². The molecule has 7 nitrogen and oxygen atoms in total. The zero-order chi connectivity index (χ0) is 13.8. The van der Waals surface area contributed by atoms with Gasteiger partial charge in [0.15, 0.2) is 0 Å². The molecule has 0 aromatic rings. The van der Waals surface area contributed by atoms with Crippen LogP contribution in [-0.4, -0.2) is 54.6 Å². The van der Waals surface area contributed by atoms with E-state index in [1.54, 1.807) is 6.92 Å². The Balaban J connectivity index is 2.53. The Morgan fingerprint density at radius 3 is 2.78 bits per heavy atom. The summed E-state index contributed by atoms with van der Waals surface area (Å²) in [5.41, 5.74) is 0. The lowest BCUT2D eigenvalue weighted by atomic mass is 10.0. The quantitative estimate of drug-likeness (QED) is 0.601. The summed E-state index contributed by atoms with van der Waals surface area (Å²) in [5, 5.41) is 17.9. The van der Waals surface area contributed by atoms with Gasteiger partial charge in [0.1, 0.15) is 0 Å². The summed E-state index contributed by atoms with van der Waals surface area (Å²) in [6, 6.07) is 0. The van der Waals surface area contributed by atoms with Crippen molar-refractivity contribution in [2.75, 3.05) is 19.6 Å². The first-order chi connectivity index (χ1) is 8.33. The Labute approximate surface area is 107 Å². The Kier molecular flexibility index (Phi) is 5.51. The van der Waals surface area contributed by atoms with Crippen LogP contribution in [0.15, 0.2) is 0 Å². The minimum Gasteiger partial charge on any atom is -0.481 e. The minimum atomic E-state index is -3.64. The average molecular weight is 280 g/mol. The average Bonchev–Trinajstić information content (AvgIpc) is 2.28. The number of aliphatic hydroxyl groups is 1. The van der Waals surface area contributed by atoms with Crippen LogP contribution in [0.1, 0.15) is 26.2 Å². The van der Waals surface area contributed by atoms with Gasteiger partial charge in [-0.3, -0.25) is 4.79 Å². The first-order valence-corrected chi connectivity index (χ1v) is 7.42. The molecule has 3 N–H and O–H groups in total. The third kappa shape index (κ3) is 4.52. The molecule has 1 fully saturated rings. The molecule has 1 saturated heterocycles. The third-order valence-corrected chi connectivity index (χ3v) is 4.50. The summed E-state index contributed by atoms with van der Waals surface area (Å²) < 4.78 is 27.3. The second-order valence-corrected chi connectivity index (χ2v) is 6.33. The topological polar surface area (TPSA) is 107 Å². The van der Waals surface area contributed by atoms with Crippen LogP contribution in [0.5, 0.6) is 0 Å². The van der Waals surface area contributed by atoms with Crippen molar-refractivity contribution in [2.24, 2.45) is 5.92 Å². The highest BCUT2D eigenvalue weighted by Crippen LogP contribution is 2.18. The molecule has 0 radical (unpaired) electrons. The van der Waals surface area contributed by atoms with E-state index >= 15 is 0 Å². The lowest BCUT2D eigenvalue weighted by Gasteiger charge is -2.29. The molecule has 106 valence electrons. The summed E-state index contributed by atoms with van der Waals surface area (Å²) in [6.45, 7) is 2.08. The number of carbonyl (C=O) groups is 1. The minimum absolute atomic E-state index is 0.0132. The molecule has 0 bridgehead atoms. The summed E-state index contributed by atoms with van der Waals surface area (Å²) in [7, 11) is -3.64. The van der Waals surface area contributed by atoms with Gasteiger partial charge in [-0.1, -0.05) is 0 Å². The van der Waals surface area contributed by atoms with Crippen LogP contribution in [0.25, 0.3) is 0 Å². The SMILES string of the molecule is CC(O)CCNS(=O)(=O)N1CCCC(C(=O)O)C1. The van der Waals surface area contributed by atoms with Gasteiger partial charge in [0.25, 0.3) is 10.2 Å². The lowest BCUT2D eigenvalue weighted by molar-refractivity contribution is -0.142. The maximum Gasteiger partial charge on any atom is 0.307 e. The van der Waals surface area contributed by atoms with Crippen LogP contribution in [-0.2, 0) is 15.0 Å². The van der Waals surface area contributed by atoms with E-state index in [4.69, 9.17) is 10.2 Å². The number of carboxylic acids is 1. The van der Waals surface area contributed by atoms with Crippen LogP contribution in [0.3, 0.4) is 0 Å². The third-order valence-electron chi connectivity index (χ3n) is 2.92. The van der Waals surface area contributed by atoms with Crippen molar-refractivity contribution in [3.05, 3.63) is 0 Å². The molecule has 0 aromatic carbocycles. The van der Waals surface area contributed by atoms with Crippen molar-refractivity contribution in [2.45, 2.75) is 32.3 Å². The van der Waals surface area contributed by atoms with E-state index < -0.39 is 28.2 Å². The fourth-order valence-corrected chi connectivity index (χ4v) is 3.15. The number of rotatable bonds is 6. The largest absolute Gasteiger partial charge is 0.481 e. The van der Waals surface area contributed by atoms with Crippen molar-refractivity contribution in [1.29, 1.82) is 0 Å². The molecule has 0 amide bonds. The van der Waals surface area contributed by atoms with Crippen LogP contribution in [0, 0.1) is 5.92 Å². The summed E-state index contributed by atoms with van der Waals surface area (Å²) in [5.74, 6) is -1.59. The van der Waals surface area contributed by atoms with Gasteiger partial charge in [-0.25, -0.2) is 4.72 Å². The first-order valence-electron chi connectivity index (χ1n) is 5.98. The van der Waals surface area contributed by atoms with Crippen molar-refractivity contribution < 1.29 is 23.4 Å². The predicted molar refractivity (Wildman–Crippen MR) is 65.2 cm³/mol. The normalized spacial score (nSPS) is 23.8. The number of nitrogens with one attached hydrogen (secondary N) is 1. The second-order valence-electron chi connectivity index (χ2n) is 4.57. The number of hydrogen-bond acceptors (Lipinski definition) is 4. The molecule has 0 saturated carbocycles. The van der Waals surface area contributed by atoms with Gasteiger partial charge in [0.05, 0.1) is 12.0 Å². The van der Waals surface area contributed by atoms with Gasteiger partial charge >= 0.3 is 5.97 Å². The Morgan fingerprint density at radius 1 is 1.56 bits per heavy atom. The number of piperidine rings is 1.